The van der Waals surface area contributed by atoms with Gasteiger partial charge in [-0.2, -0.15) is 0 Å². The molecule has 1 aromatic rings. The first kappa shape index (κ1) is 21.1. The number of nitrogens with one attached hydrogen (secondary N) is 1. The van der Waals surface area contributed by atoms with Gasteiger partial charge in [-0.1, -0.05) is 0 Å². The van der Waals surface area contributed by atoms with Gasteiger partial charge in [0.2, 0.25) is 0 Å². The van der Waals surface area contributed by atoms with E-state index in [0.29, 0.717) is 13.0 Å². The molecule has 1 fully saturated rings. The van der Waals surface area contributed by atoms with Crippen LogP contribution in [0.5, 0.6) is 0 Å². The number of nitro benzene ring substituents is 1. The molecule has 28 heavy (non-hydrogen) atoms. The van der Waals surface area contributed by atoms with E-state index >= 15 is 0 Å². The number of esters is 2. The highest BCUT2D eigenvalue weighted by atomic mass is 16.6. The number of amides is 1. The molecule has 1 aliphatic rings. The maximum atomic E-state index is 12.5. The zero-order valence-corrected chi connectivity index (χ0v) is 15.8. The zero-order chi connectivity index (χ0) is 20.7. The summed E-state index contributed by atoms with van der Waals surface area (Å²) in [5, 5.41) is 13.8. The molecule has 0 bridgehead atoms. The molecule has 0 radical (unpaired) electrons. The first-order valence-corrected chi connectivity index (χ1v) is 8.98. The largest absolute Gasteiger partial charge is 0.464 e. The lowest BCUT2D eigenvalue weighted by atomic mass is 10.0. The first-order valence-electron chi connectivity index (χ1n) is 8.98. The maximum Gasteiger partial charge on any atom is 0.338 e. The number of likely N-dealkylation sites (tertiary alicyclic amines) is 1. The molecule has 0 aromatic heterocycles. The van der Waals surface area contributed by atoms with Gasteiger partial charge in [0.05, 0.1) is 17.1 Å². The van der Waals surface area contributed by atoms with E-state index in [0.717, 1.165) is 18.9 Å². The van der Waals surface area contributed by atoms with Gasteiger partial charge in [0, 0.05) is 19.7 Å². The maximum absolute atomic E-state index is 12.5. The topological polar surface area (TPSA) is 128 Å². The number of carbonyl (C=O) groups is 3. The number of hydrogen-bond acceptors (Lipinski definition) is 8. The monoisotopic (exact) mass is 393 g/mol. The average molecular weight is 393 g/mol. The second kappa shape index (κ2) is 9.67. The SMILES string of the molecule is CCOC(=O)[C@H]1CCCCN1C(=O)COC(=O)c1ccc(NC)c([N+](=O)[O-])c1. The summed E-state index contributed by atoms with van der Waals surface area (Å²) in [5.41, 5.74) is -0.0657. The molecule has 1 saturated heterocycles. The molecule has 10 nitrogen and oxygen atoms in total. The lowest BCUT2D eigenvalue weighted by molar-refractivity contribution is -0.384. The highest BCUT2D eigenvalue weighted by molar-refractivity contribution is 5.93. The highest BCUT2D eigenvalue weighted by Crippen LogP contribution is 2.25. The van der Waals surface area contributed by atoms with Crippen LogP contribution >= 0.6 is 0 Å². The lowest BCUT2D eigenvalue weighted by Gasteiger charge is -2.33. The molecule has 2 rings (SSSR count). The molecular formula is C18H23N3O7. The lowest BCUT2D eigenvalue weighted by Crippen LogP contribution is -2.50. The summed E-state index contributed by atoms with van der Waals surface area (Å²) in [4.78, 5) is 48.5. The van der Waals surface area contributed by atoms with Gasteiger partial charge in [0.25, 0.3) is 11.6 Å². The third-order valence-electron chi connectivity index (χ3n) is 4.41. The van der Waals surface area contributed by atoms with Crippen molar-refractivity contribution >= 4 is 29.2 Å². The van der Waals surface area contributed by atoms with Crippen LogP contribution < -0.4 is 5.32 Å². The van der Waals surface area contributed by atoms with E-state index in [1.54, 1.807) is 6.92 Å². The van der Waals surface area contributed by atoms with Crippen molar-refractivity contribution < 1.29 is 28.8 Å². The van der Waals surface area contributed by atoms with Crippen molar-refractivity contribution in [2.45, 2.75) is 32.2 Å². The fourth-order valence-corrected chi connectivity index (χ4v) is 3.03. The van der Waals surface area contributed by atoms with Crippen molar-refractivity contribution in [3.63, 3.8) is 0 Å². The van der Waals surface area contributed by atoms with Crippen LogP contribution in [0.2, 0.25) is 0 Å². The second-order valence-corrected chi connectivity index (χ2v) is 6.17. The number of anilines is 1. The predicted molar refractivity (Wildman–Crippen MR) is 98.9 cm³/mol. The molecule has 0 saturated carbocycles. The highest BCUT2D eigenvalue weighted by Gasteiger charge is 2.33. The Hall–Kier alpha value is -3.17. The number of nitrogens with zero attached hydrogens (tertiary/aromatic N) is 2. The molecule has 1 aromatic carbocycles. The van der Waals surface area contributed by atoms with Gasteiger partial charge in [-0.05, 0) is 38.3 Å². The van der Waals surface area contributed by atoms with Gasteiger partial charge >= 0.3 is 11.9 Å². The van der Waals surface area contributed by atoms with Gasteiger partial charge in [-0.25, -0.2) is 9.59 Å². The Bertz CT molecular complexity index is 766. The van der Waals surface area contributed by atoms with Crippen LogP contribution in [0.25, 0.3) is 0 Å². The van der Waals surface area contributed by atoms with Crippen molar-refractivity contribution in [1.29, 1.82) is 0 Å². The summed E-state index contributed by atoms with van der Waals surface area (Å²) < 4.78 is 10.0. The van der Waals surface area contributed by atoms with Crippen LogP contribution in [0.15, 0.2) is 18.2 Å². The van der Waals surface area contributed by atoms with Crippen LogP contribution in [0, 0.1) is 10.1 Å². The minimum absolute atomic E-state index is 0.0425. The zero-order valence-electron chi connectivity index (χ0n) is 15.8. The molecule has 0 spiro atoms. The van der Waals surface area contributed by atoms with Gasteiger partial charge in [0.1, 0.15) is 11.7 Å². The molecule has 1 heterocycles. The van der Waals surface area contributed by atoms with Crippen LogP contribution in [0.1, 0.15) is 36.5 Å². The predicted octanol–water partition coefficient (Wildman–Crippen LogP) is 1.74. The van der Waals surface area contributed by atoms with E-state index in [2.05, 4.69) is 5.32 Å². The quantitative estimate of drug-likeness (QED) is 0.421. The van der Waals surface area contributed by atoms with Crippen molar-refractivity contribution in [3.05, 3.63) is 33.9 Å². The van der Waals surface area contributed by atoms with Crippen molar-refractivity contribution in [2.24, 2.45) is 0 Å². The Morgan fingerprint density at radius 1 is 1.29 bits per heavy atom. The van der Waals surface area contributed by atoms with Crippen molar-refractivity contribution in [3.8, 4) is 0 Å². The number of benzene rings is 1. The summed E-state index contributed by atoms with van der Waals surface area (Å²) in [6.07, 6.45) is 2.04. The molecule has 1 atom stereocenters. The summed E-state index contributed by atoms with van der Waals surface area (Å²) in [6.45, 7) is 1.72. The number of piperidine rings is 1. The van der Waals surface area contributed by atoms with Crippen LogP contribution in [0.4, 0.5) is 11.4 Å². The van der Waals surface area contributed by atoms with E-state index in [-0.39, 0.29) is 23.5 Å². The Morgan fingerprint density at radius 3 is 2.68 bits per heavy atom. The van der Waals surface area contributed by atoms with E-state index in [1.807, 2.05) is 0 Å². The Morgan fingerprint density at radius 2 is 2.04 bits per heavy atom. The van der Waals surface area contributed by atoms with Gasteiger partial charge in [-0.15, -0.1) is 0 Å². The Kier molecular flexibility index (Phi) is 7.30. The Labute approximate surface area is 161 Å². The van der Waals surface area contributed by atoms with Crippen molar-refractivity contribution in [1.82, 2.24) is 4.90 Å². The molecule has 0 aliphatic carbocycles. The minimum atomic E-state index is -0.858. The second-order valence-electron chi connectivity index (χ2n) is 6.17. The van der Waals surface area contributed by atoms with Gasteiger partial charge < -0.3 is 19.7 Å². The molecule has 1 aliphatic heterocycles. The number of hydrogen-bond donors (Lipinski definition) is 1. The first-order chi connectivity index (χ1) is 13.4. The van der Waals surface area contributed by atoms with E-state index < -0.39 is 35.4 Å². The average Bonchev–Trinajstić information content (AvgIpc) is 2.71. The van der Waals surface area contributed by atoms with Crippen LogP contribution in [-0.2, 0) is 19.1 Å². The Balaban J connectivity index is 2.03. The van der Waals surface area contributed by atoms with E-state index in [1.165, 1.54) is 24.1 Å². The molecule has 1 amide bonds. The third kappa shape index (κ3) is 4.96. The number of carbonyl (C=O) groups excluding carboxylic acids is 3. The fraction of sp³-hybridized carbons (Fsp3) is 0.500. The summed E-state index contributed by atoms with van der Waals surface area (Å²) >= 11 is 0. The minimum Gasteiger partial charge on any atom is -0.464 e. The number of ether oxygens (including phenoxy) is 2. The van der Waals surface area contributed by atoms with Crippen molar-refractivity contribution in [2.75, 3.05) is 32.1 Å². The summed E-state index contributed by atoms with van der Waals surface area (Å²) in [7, 11) is 1.53. The third-order valence-corrected chi connectivity index (χ3v) is 4.41. The van der Waals surface area contributed by atoms with E-state index in [4.69, 9.17) is 9.47 Å². The molecule has 10 heteroatoms. The summed E-state index contributed by atoms with van der Waals surface area (Å²) in [5.74, 6) is -1.84. The normalized spacial score (nSPS) is 16.2. The smallest absolute Gasteiger partial charge is 0.338 e. The standard InChI is InChI=1S/C18H23N3O7/c1-3-27-18(24)14-6-4-5-9-20(14)16(22)11-28-17(23)12-7-8-13(19-2)15(10-12)21(25)26/h7-8,10,14,19H,3-6,9,11H2,1-2H3/t14-/m1/s1. The molecule has 1 N–H and O–H groups in total. The summed E-state index contributed by atoms with van der Waals surface area (Å²) in [6, 6.07) is 3.16. The fourth-order valence-electron chi connectivity index (χ4n) is 3.03. The van der Waals surface area contributed by atoms with Crippen LogP contribution in [0.3, 0.4) is 0 Å². The van der Waals surface area contributed by atoms with Gasteiger partial charge in [0.15, 0.2) is 6.61 Å². The van der Waals surface area contributed by atoms with Gasteiger partial charge in [-0.3, -0.25) is 14.9 Å². The number of rotatable bonds is 7. The molecular weight excluding hydrogens is 370 g/mol. The molecule has 152 valence electrons. The number of nitro groups is 1. The molecule has 0 unspecified atom stereocenters. The van der Waals surface area contributed by atoms with Crippen LogP contribution in [-0.4, -0.2) is 60.5 Å². The van der Waals surface area contributed by atoms with E-state index in [9.17, 15) is 24.5 Å².